The first-order valence-electron chi connectivity index (χ1n) is 18.5. The van der Waals surface area contributed by atoms with Crippen molar-refractivity contribution in [2.24, 2.45) is 0 Å². The van der Waals surface area contributed by atoms with Gasteiger partial charge in [-0.25, -0.2) is 14.5 Å². The molecule has 0 radical (unpaired) electrons. The molecule has 5 rings (SSSR count). The van der Waals surface area contributed by atoms with Crippen molar-refractivity contribution in [1.82, 2.24) is 9.71 Å². The Labute approximate surface area is 341 Å². The van der Waals surface area contributed by atoms with E-state index in [0.717, 1.165) is 16.3 Å². The second-order valence-corrected chi connectivity index (χ2v) is 14.6. The molecule has 0 aliphatic carbocycles. The number of hydrogen-bond acceptors (Lipinski definition) is 12. The summed E-state index contributed by atoms with van der Waals surface area (Å²) < 4.78 is 64.3. The van der Waals surface area contributed by atoms with Crippen molar-refractivity contribution < 1.29 is 46.7 Å². The molecule has 0 saturated carbocycles. The lowest BCUT2D eigenvalue weighted by Crippen LogP contribution is -2.22. The van der Waals surface area contributed by atoms with E-state index in [1.807, 2.05) is 69.3 Å². The molecule has 1 unspecified atom stereocenters. The number of benzene rings is 4. The maximum atomic E-state index is 13.5. The van der Waals surface area contributed by atoms with E-state index in [4.69, 9.17) is 33.2 Å². The van der Waals surface area contributed by atoms with E-state index in [0.29, 0.717) is 96.8 Å². The molecular formula is C42H50N5O10S-. The van der Waals surface area contributed by atoms with Crippen molar-refractivity contribution in [3.8, 4) is 28.7 Å². The van der Waals surface area contributed by atoms with Crippen molar-refractivity contribution in [1.29, 1.82) is 0 Å². The third kappa shape index (κ3) is 12.8. The third-order valence-electron chi connectivity index (χ3n) is 8.64. The number of methoxy groups -OCH3 is 3. The van der Waals surface area contributed by atoms with Crippen LogP contribution in [0.15, 0.2) is 85.1 Å². The van der Waals surface area contributed by atoms with Gasteiger partial charge < -0.3 is 53.7 Å². The van der Waals surface area contributed by atoms with E-state index in [1.54, 1.807) is 50.7 Å². The molecule has 0 saturated heterocycles. The maximum Gasteiger partial charge on any atom is 0.323 e. The van der Waals surface area contributed by atoms with Crippen LogP contribution in [0.25, 0.3) is 10.8 Å². The summed E-state index contributed by atoms with van der Waals surface area (Å²) >= 11 is -2.48. The summed E-state index contributed by atoms with van der Waals surface area (Å²) in [6.07, 6.45) is 1.64. The fraction of sp³-hybridized carbons (Fsp3) is 0.333. The predicted molar refractivity (Wildman–Crippen MR) is 224 cm³/mol. The minimum atomic E-state index is -2.48. The molecule has 310 valence electrons. The van der Waals surface area contributed by atoms with Gasteiger partial charge >= 0.3 is 6.03 Å². The van der Waals surface area contributed by atoms with Crippen molar-refractivity contribution in [2.45, 2.75) is 32.7 Å². The first-order chi connectivity index (χ1) is 28.0. The molecule has 1 heterocycles. The fourth-order valence-corrected chi connectivity index (χ4v) is 6.09. The third-order valence-corrected chi connectivity index (χ3v) is 9.02. The molecule has 1 aromatic heterocycles. The van der Waals surface area contributed by atoms with Crippen molar-refractivity contribution in [3.63, 3.8) is 0 Å². The zero-order chi connectivity index (χ0) is 41.5. The molecule has 0 spiro atoms. The largest absolute Gasteiger partial charge is 0.760 e. The Morgan fingerprint density at radius 2 is 1.47 bits per heavy atom. The number of carbonyl (C=O) groups is 1. The Morgan fingerprint density at radius 3 is 2.17 bits per heavy atom. The van der Waals surface area contributed by atoms with E-state index in [9.17, 15) is 13.6 Å². The lowest BCUT2D eigenvalue weighted by atomic mass is 9.85. The SMILES string of the molecule is COCCOCCOCCOc1cc(Nc2cc(Oc3ccc(NC(=O)Nc4cc(C(C)(C)C)cc(CNS(=O)[O-])c4OC)c4ccccc34)ccn2)cc(OC)c1. The van der Waals surface area contributed by atoms with Gasteiger partial charge in [0, 0.05) is 77.4 Å². The molecule has 0 fully saturated rings. The summed E-state index contributed by atoms with van der Waals surface area (Å²) in [7, 11) is 4.68. The first-order valence-corrected chi connectivity index (χ1v) is 19.6. The minimum absolute atomic E-state index is 0.0121. The average molecular weight is 817 g/mol. The van der Waals surface area contributed by atoms with Gasteiger partial charge in [-0.2, -0.15) is 0 Å². The number of carbonyl (C=O) groups excluding carboxylic acids is 1. The van der Waals surface area contributed by atoms with Crippen molar-refractivity contribution in [3.05, 3.63) is 96.2 Å². The van der Waals surface area contributed by atoms with E-state index in [1.165, 1.54) is 7.11 Å². The number of anilines is 4. The number of pyridine rings is 1. The van der Waals surface area contributed by atoms with E-state index in [2.05, 4.69) is 25.7 Å². The van der Waals surface area contributed by atoms with Crippen LogP contribution < -0.4 is 39.6 Å². The van der Waals surface area contributed by atoms with Gasteiger partial charge in [0.2, 0.25) is 0 Å². The highest BCUT2D eigenvalue weighted by Gasteiger charge is 2.21. The molecule has 0 bridgehead atoms. The lowest BCUT2D eigenvalue weighted by Gasteiger charge is -2.24. The highest BCUT2D eigenvalue weighted by atomic mass is 32.2. The normalized spacial score (nSPS) is 11.8. The number of ether oxygens (including phenoxy) is 7. The summed E-state index contributed by atoms with van der Waals surface area (Å²) in [6, 6.07) is 23.3. The second-order valence-electron chi connectivity index (χ2n) is 13.8. The van der Waals surface area contributed by atoms with Crippen molar-refractivity contribution in [2.75, 3.05) is 76.9 Å². The van der Waals surface area contributed by atoms with Gasteiger partial charge in [0.25, 0.3) is 0 Å². The van der Waals surface area contributed by atoms with Crippen LogP contribution in [0.5, 0.6) is 28.7 Å². The van der Waals surface area contributed by atoms with Crippen LogP contribution in [-0.2, 0) is 37.4 Å². The average Bonchev–Trinajstić information content (AvgIpc) is 3.20. The molecule has 16 heteroatoms. The zero-order valence-corrected chi connectivity index (χ0v) is 34.3. The smallest absolute Gasteiger partial charge is 0.323 e. The van der Waals surface area contributed by atoms with Gasteiger partial charge in [-0.1, -0.05) is 51.1 Å². The number of nitrogens with zero attached hydrogens (tertiary/aromatic N) is 1. The van der Waals surface area contributed by atoms with Gasteiger partial charge in [-0.05, 0) is 35.2 Å². The fourth-order valence-electron chi connectivity index (χ4n) is 5.81. The lowest BCUT2D eigenvalue weighted by molar-refractivity contribution is 0.0179. The molecule has 2 amide bonds. The van der Waals surface area contributed by atoms with Crippen LogP contribution in [0.1, 0.15) is 31.9 Å². The predicted octanol–water partition coefficient (Wildman–Crippen LogP) is 7.67. The number of amides is 2. The van der Waals surface area contributed by atoms with Crippen LogP contribution in [0.3, 0.4) is 0 Å². The molecule has 5 aromatic rings. The number of hydrogen-bond donors (Lipinski definition) is 4. The Bertz CT molecular complexity index is 2160. The highest BCUT2D eigenvalue weighted by molar-refractivity contribution is 7.77. The quantitative estimate of drug-likeness (QED) is 0.0420. The number of aromatic nitrogens is 1. The van der Waals surface area contributed by atoms with E-state index in [-0.39, 0.29) is 12.0 Å². The highest BCUT2D eigenvalue weighted by Crippen LogP contribution is 2.38. The molecule has 4 aromatic carbocycles. The van der Waals surface area contributed by atoms with E-state index < -0.39 is 17.3 Å². The monoisotopic (exact) mass is 816 g/mol. The number of rotatable bonds is 21. The van der Waals surface area contributed by atoms with Crippen LogP contribution in [-0.4, -0.2) is 80.7 Å². The minimum Gasteiger partial charge on any atom is -0.760 e. The second kappa shape index (κ2) is 21.3. The van der Waals surface area contributed by atoms with E-state index >= 15 is 0 Å². The van der Waals surface area contributed by atoms with Gasteiger partial charge in [0.15, 0.2) is 0 Å². The Morgan fingerprint density at radius 1 is 0.759 bits per heavy atom. The molecule has 58 heavy (non-hydrogen) atoms. The number of nitrogens with one attached hydrogen (secondary N) is 4. The van der Waals surface area contributed by atoms with Gasteiger partial charge in [-0.15, -0.1) is 0 Å². The van der Waals surface area contributed by atoms with Crippen LogP contribution >= 0.6 is 0 Å². The Balaban J connectivity index is 1.27. The first kappa shape index (κ1) is 43.6. The summed E-state index contributed by atoms with van der Waals surface area (Å²) in [6.45, 7) is 8.80. The zero-order valence-electron chi connectivity index (χ0n) is 33.5. The number of fused-ring (bicyclic) bond motifs is 1. The Hall–Kier alpha value is -5.49. The molecule has 0 aliphatic rings. The van der Waals surface area contributed by atoms with Crippen LogP contribution in [0.2, 0.25) is 0 Å². The molecule has 0 aliphatic heterocycles. The maximum absolute atomic E-state index is 13.5. The molecule has 15 nitrogen and oxygen atoms in total. The molecular weight excluding hydrogens is 767 g/mol. The van der Waals surface area contributed by atoms with Gasteiger partial charge in [0.05, 0.1) is 58.6 Å². The summed E-state index contributed by atoms with van der Waals surface area (Å²) in [4.78, 5) is 18.0. The number of urea groups is 1. The van der Waals surface area contributed by atoms with Gasteiger partial charge in [-0.3, -0.25) is 4.21 Å². The standard InChI is InChI=1S/C42H51N5O10S/c1-42(2,3)29-21-28(27-44-58(49)50)40(53-6)37(22-29)47-41(48)46-36-11-12-38(35-10-8-7-9-34(35)36)57-31-13-14-43-39(26-31)45-30-23-32(52-5)25-33(24-30)56-20-19-55-18-17-54-16-15-51-4/h7-14,21-26,44H,15-20,27H2,1-6H3,(H,43,45)(H,49,50)(H2,46,47,48)/p-1. The topological polar surface area (TPSA) is 183 Å². The summed E-state index contributed by atoms with van der Waals surface area (Å²) in [5.74, 6) is 3.16. The Kier molecular flexibility index (Phi) is 16.0. The molecule has 4 N–H and O–H groups in total. The van der Waals surface area contributed by atoms with Crippen molar-refractivity contribution >= 4 is 51.0 Å². The summed E-state index contributed by atoms with van der Waals surface area (Å²) in [5, 5.41) is 10.7. The van der Waals surface area contributed by atoms with Crippen LogP contribution in [0.4, 0.5) is 27.7 Å². The molecule has 1 atom stereocenters. The van der Waals surface area contributed by atoms with Crippen LogP contribution in [0, 0.1) is 0 Å². The van der Waals surface area contributed by atoms with Gasteiger partial charge in [0.1, 0.15) is 41.2 Å². The summed E-state index contributed by atoms with van der Waals surface area (Å²) in [5.41, 5.74) is 2.79.